The highest BCUT2D eigenvalue weighted by Gasteiger charge is 2.23. The lowest BCUT2D eigenvalue weighted by Gasteiger charge is -2.29. The highest BCUT2D eigenvalue weighted by Crippen LogP contribution is 2.38. The Bertz CT molecular complexity index is 1050. The van der Waals surface area contributed by atoms with E-state index in [1.165, 1.54) is 109 Å². The third-order valence-electron chi connectivity index (χ3n) is 9.99. The van der Waals surface area contributed by atoms with Crippen molar-refractivity contribution in [1.82, 2.24) is 5.32 Å². The van der Waals surface area contributed by atoms with Crippen LogP contribution in [0.1, 0.15) is 194 Å². The summed E-state index contributed by atoms with van der Waals surface area (Å²) in [5, 5.41) is 13.8. The van der Waals surface area contributed by atoms with Gasteiger partial charge in [-0.1, -0.05) is 165 Å². The first kappa shape index (κ1) is 54.5. The SMILES string of the molecule is CCCCCCCC/C=C/CC/C=C/CC/C=C/C(O)C(COP(=O)([O-])OCC[N+](C)(C)C)NC(=O)CCCCCCC/C=C\CCCCCCCCCCC. The van der Waals surface area contributed by atoms with Crippen molar-refractivity contribution in [3.8, 4) is 0 Å². The van der Waals surface area contributed by atoms with Gasteiger partial charge in [0.1, 0.15) is 13.2 Å². The number of allylic oxidation sites excluding steroid dienone is 7. The van der Waals surface area contributed by atoms with E-state index in [9.17, 15) is 19.4 Å². The Morgan fingerprint density at radius 2 is 1.00 bits per heavy atom. The Balaban J connectivity index is 4.49. The number of unbranched alkanes of at least 4 members (excludes halogenated alkanes) is 22. The summed E-state index contributed by atoms with van der Waals surface area (Å²) in [6.07, 6.45) is 48.7. The third-order valence-corrected chi connectivity index (χ3v) is 11.0. The molecule has 2 N–H and O–H groups in total. The van der Waals surface area contributed by atoms with Crippen molar-refractivity contribution in [2.24, 2.45) is 0 Å². The smallest absolute Gasteiger partial charge is 0.268 e. The molecule has 0 aliphatic rings. The number of aliphatic hydroxyl groups is 1. The van der Waals surface area contributed by atoms with Crippen LogP contribution < -0.4 is 10.2 Å². The maximum atomic E-state index is 12.9. The number of aliphatic hydroxyl groups excluding tert-OH is 1. The average Bonchev–Trinajstić information content (AvgIpc) is 3.15. The first-order chi connectivity index (χ1) is 27.0. The van der Waals surface area contributed by atoms with Crippen LogP contribution in [0.3, 0.4) is 0 Å². The van der Waals surface area contributed by atoms with Crippen molar-refractivity contribution in [1.29, 1.82) is 0 Å². The lowest BCUT2D eigenvalue weighted by Crippen LogP contribution is -2.45. The molecule has 0 saturated carbocycles. The number of phosphoric ester groups is 1. The molecule has 0 aliphatic heterocycles. The Kier molecular flexibility index (Phi) is 37.9. The molecule has 0 aromatic rings. The second kappa shape index (κ2) is 38.9. The second-order valence-corrected chi connectivity index (χ2v) is 18.1. The number of quaternary nitrogens is 1. The Morgan fingerprint density at radius 3 is 1.45 bits per heavy atom. The number of nitrogens with zero attached hydrogens (tertiary/aromatic N) is 1. The largest absolute Gasteiger partial charge is 0.756 e. The Labute approximate surface area is 346 Å². The molecule has 0 saturated heterocycles. The summed E-state index contributed by atoms with van der Waals surface area (Å²) in [5.74, 6) is -0.221. The summed E-state index contributed by atoms with van der Waals surface area (Å²) in [4.78, 5) is 25.3. The molecule has 0 aromatic heterocycles. The van der Waals surface area contributed by atoms with Crippen LogP contribution in [0.5, 0.6) is 0 Å². The summed E-state index contributed by atoms with van der Waals surface area (Å²) >= 11 is 0. The molecule has 8 nitrogen and oxygen atoms in total. The number of phosphoric acid groups is 1. The van der Waals surface area contributed by atoms with Crippen LogP contribution in [0, 0.1) is 0 Å². The van der Waals surface area contributed by atoms with E-state index < -0.39 is 26.6 Å². The first-order valence-corrected chi connectivity index (χ1v) is 24.5. The van der Waals surface area contributed by atoms with Gasteiger partial charge < -0.3 is 28.8 Å². The van der Waals surface area contributed by atoms with E-state index in [1.54, 1.807) is 6.08 Å². The summed E-state index contributed by atoms with van der Waals surface area (Å²) in [6, 6.07) is -0.913. The highest BCUT2D eigenvalue weighted by atomic mass is 31.2. The number of carbonyl (C=O) groups is 1. The van der Waals surface area contributed by atoms with Gasteiger partial charge in [0.05, 0.1) is 39.9 Å². The molecule has 1 amide bonds. The number of amides is 1. The van der Waals surface area contributed by atoms with E-state index in [0.717, 1.165) is 64.2 Å². The van der Waals surface area contributed by atoms with Crippen molar-refractivity contribution in [2.75, 3.05) is 40.9 Å². The summed E-state index contributed by atoms with van der Waals surface area (Å²) in [7, 11) is 1.23. The highest BCUT2D eigenvalue weighted by molar-refractivity contribution is 7.45. The molecule has 0 aliphatic carbocycles. The van der Waals surface area contributed by atoms with Crippen LogP contribution in [0.25, 0.3) is 0 Å². The Hall–Kier alpha value is -1.54. The van der Waals surface area contributed by atoms with Crippen molar-refractivity contribution in [2.45, 2.75) is 206 Å². The van der Waals surface area contributed by atoms with Gasteiger partial charge in [-0.2, -0.15) is 0 Å². The number of nitrogens with one attached hydrogen (secondary N) is 1. The van der Waals surface area contributed by atoms with Gasteiger partial charge in [0.15, 0.2) is 0 Å². The Morgan fingerprint density at radius 1 is 0.607 bits per heavy atom. The molecule has 3 atom stereocenters. The lowest BCUT2D eigenvalue weighted by molar-refractivity contribution is -0.870. The maximum Gasteiger partial charge on any atom is 0.268 e. The van der Waals surface area contributed by atoms with Crippen molar-refractivity contribution >= 4 is 13.7 Å². The molecule has 0 bridgehead atoms. The van der Waals surface area contributed by atoms with E-state index in [2.05, 4.69) is 55.6 Å². The molecule has 56 heavy (non-hydrogen) atoms. The summed E-state index contributed by atoms with van der Waals surface area (Å²) in [6.45, 7) is 4.59. The van der Waals surface area contributed by atoms with E-state index in [-0.39, 0.29) is 12.5 Å². The van der Waals surface area contributed by atoms with Crippen molar-refractivity contribution in [3.05, 3.63) is 48.6 Å². The predicted molar refractivity (Wildman–Crippen MR) is 238 cm³/mol. The standard InChI is InChI=1S/C47H89N2O6P/c1-6-8-10-12-14-16-18-20-22-24-25-27-29-31-33-35-37-39-41-47(51)48-45(44-55-56(52,53)54-43-42-49(3,4)5)46(50)40-38-36-34-32-30-28-26-23-21-19-17-15-13-11-9-7-2/h21,23,25,27,30,32,38,40,45-46,50H,6-20,22,24,26,28-29,31,33-37,39,41-44H2,1-5H3,(H-,48,51,52,53)/b23-21+,27-25-,32-30+,40-38+. The molecule has 0 aromatic carbocycles. The minimum Gasteiger partial charge on any atom is -0.756 e. The fraction of sp³-hybridized carbons (Fsp3) is 0.809. The number of likely N-dealkylation sites (N-methyl/N-ethyl adjacent to an activating group) is 1. The van der Waals surface area contributed by atoms with E-state index in [0.29, 0.717) is 17.4 Å². The molecule has 0 radical (unpaired) electrons. The van der Waals surface area contributed by atoms with Gasteiger partial charge in [-0.05, 0) is 70.6 Å². The zero-order valence-electron chi connectivity index (χ0n) is 37.1. The number of hydrogen-bond acceptors (Lipinski definition) is 6. The van der Waals surface area contributed by atoms with E-state index in [4.69, 9.17) is 9.05 Å². The van der Waals surface area contributed by atoms with Crippen LogP contribution in [-0.2, 0) is 18.4 Å². The molecule has 0 rings (SSSR count). The van der Waals surface area contributed by atoms with Crippen molar-refractivity contribution < 1.29 is 32.9 Å². The topological polar surface area (TPSA) is 108 Å². The molecule has 328 valence electrons. The zero-order valence-corrected chi connectivity index (χ0v) is 38.0. The van der Waals surface area contributed by atoms with Gasteiger partial charge in [0.25, 0.3) is 7.82 Å². The molecule has 9 heteroatoms. The molecule has 0 spiro atoms. The van der Waals surface area contributed by atoms with E-state index >= 15 is 0 Å². The monoisotopic (exact) mass is 809 g/mol. The molecule has 3 unspecified atom stereocenters. The van der Waals surface area contributed by atoms with Crippen LogP contribution >= 0.6 is 7.82 Å². The molecule has 0 fully saturated rings. The van der Waals surface area contributed by atoms with E-state index in [1.807, 2.05) is 27.2 Å². The summed E-state index contributed by atoms with van der Waals surface area (Å²) in [5.41, 5.74) is 0. The van der Waals surface area contributed by atoms with Crippen LogP contribution in [0.4, 0.5) is 0 Å². The molecular weight excluding hydrogens is 719 g/mol. The van der Waals surface area contributed by atoms with Crippen LogP contribution in [0.15, 0.2) is 48.6 Å². The number of rotatable bonds is 41. The minimum atomic E-state index is -4.60. The van der Waals surface area contributed by atoms with Gasteiger partial charge >= 0.3 is 0 Å². The maximum absolute atomic E-state index is 12.9. The fourth-order valence-corrected chi connectivity index (χ4v) is 7.02. The first-order valence-electron chi connectivity index (χ1n) is 23.0. The third kappa shape index (κ3) is 40.6. The molecular formula is C47H89N2O6P. The summed E-state index contributed by atoms with van der Waals surface area (Å²) < 4.78 is 23.2. The predicted octanol–water partition coefficient (Wildman–Crippen LogP) is 12.2. The fourth-order valence-electron chi connectivity index (χ4n) is 6.30. The number of hydrogen-bond donors (Lipinski definition) is 2. The van der Waals surface area contributed by atoms with Gasteiger partial charge in [-0.3, -0.25) is 9.36 Å². The van der Waals surface area contributed by atoms with Crippen molar-refractivity contribution in [3.63, 3.8) is 0 Å². The minimum absolute atomic E-state index is 0.0115. The van der Waals surface area contributed by atoms with Crippen LogP contribution in [-0.4, -0.2) is 68.5 Å². The van der Waals surface area contributed by atoms with Gasteiger partial charge in [0.2, 0.25) is 5.91 Å². The average molecular weight is 809 g/mol. The lowest BCUT2D eigenvalue weighted by atomic mass is 10.1. The van der Waals surface area contributed by atoms with Gasteiger partial charge in [0, 0.05) is 6.42 Å². The number of carbonyl (C=O) groups excluding carboxylic acids is 1. The zero-order chi connectivity index (χ0) is 41.4. The van der Waals surface area contributed by atoms with Gasteiger partial charge in [-0.25, -0.2) is 0 Å². The molecule has 0 heterocycles. The second-order valence-electron chi connectivity index (χ2n) is 16.7. The van der Waals surface area contributed by atoms with Crippen LogP contribution in [0.2, 0.25) is 0 Å². The van der Waals surface area contributed by atoms with Gasteiger partial charge in [-0.15, -0.1) is 0 Å². The normalized spacial score (nSPS) is 14.8. The quantitative estimate of drug-likeness (QED) is 0.0276.